The van der Waals surface area contributed by atoms with Gasteiger partial charge < -0.3 is 14.0 Å². The number of rotatable bonds is 4. The highest BCUT2D eigenvalue weighted by atomic mass is 35.5. The maximum atomic E-state index is 6.15. The summed E-state index contributed by atoms with van der Waals surface area (Å²) < 4.78 is 16.1. The van der Waals surface area contributed by atoms with Gasteiger partial charge in [0, 0.05) is 25.3 Å². The molecule has 0 spiro atoms. The number of ether oxygens (including phenoxy) is 2. The van der Waals surface area contributed by atoms with E-state index < -0.39 is 0 Å². The van der Waals surface area contributed by atoms with E-state index in [1.54, 1.807) is 7.11 Å². The van der Waals surface area contributed by atoms with Gasteiger partial charge in [0.1, 0.15) is 6.61 Å². The third-order valence-corrected chi connectivity index (χ3v) is 4.11. The second kappa shape index (κ2) is 6.13. The summed E-state index contributed by atoms with van der Waals surface area (Å²) >= 11 is 6.15. The lowest BCUT2D eigenvalue weighted by molar-refractivity contribution is 0.0523. The number of hydrogen-bond donors (Lipinski definition) is 0. The zero-order chi connectivity index (χ0) is 14.7. The molecule has 21 heavy (non-hydrogen) atoms. The summed E-state index contributed by atoms with van der Waals surface area (Å²) in [5.41, 5.74) is 0.758. The first kappa shape index (κ1) is 14.5. The molecule has 1 fully saturated rings. The fourth-order valence-electron chi connectivity index (χ4n) is 2.77. The van der Waals surface area contributed by atoms with E-state index in [-0.39, 0.29) is 5.41 Å². The Morgan fingerprint density at radius 2 is 2.14 bits per heavy atom. The molecule has 5 nitrogen and oxygen atoms in total. The van der Waals surface area contributed by atoms with Gasteiger partial charge in [0.2, 0.25) is 5.89 Å². The molecule has 0 atom stereocenters. The second-order valence-corrected chi connectivity index (χ2v) is 5.59. The smallest absolute Gasteiger partial charge is 0.237 e. The van der Waals surface area contributed by atoms with Crippen molar-refractivity contribution in [3.8, 4) is 0 Å². The molecular formula is C15H17ClN2O3. The van der Waals surface area contributed by atoms with Gasteiger partial charge in [-0.3, -0.25) is 0 Å². The third-order valence-electron chi connectivity index (χ3n) is 3.87. The molecular weight excluding hydrogens is 292 g/mol. The first-order chi connectivity index (χ1) is 10.2. The first-order valence-electron chi connectivity index (χ1n) is 6.90. The average Bonchev–Trinajstić information content (AvgIpc) is 2.97. The predicted octanol–water partition coefficient (Wildman–Crippen LogP) is 2.97. The van der Waals surface area contributed by atoms with E-state index >= 15 is 0 Å². The van der Waals surface area contributed by atoms with Gasteiger partial charge >= 0.3 is 0 Å². The summed E-state index contributed by atoms with van der Waals surface area (Å²) in [5, 5.41) is 4.69. The van der Waals surface area contributed by atoms with Crippen LogP contribution in [0.5, 0.6) is 0 Å². The lowest BCUT2D eigenvalue weighted by Crippen LogP contribution is -2.35. The molecule has 2 heterocycles. The maximum absolute atomic E-state index is 6.15. The molecule has 0 aliphatic carbocycles. The Morgan fingerprint density at radius 1 is 1.33 bits per heavy atom. The van der Waals surface area contributed by atoms with Crippen LogP contribution in [0, 0.1) is 0 Å². The molecule has 112 valence electrons. The molecule has 2 aromatic rings. The highest BCUT2D eigenvalue weighted by Crippen LogP contribution is 2.41. The van der Waals surface area contributed by atoms with Crippen molar-refractivity contribution in [2.75, 3.05) is 20.3 Å². The minimum absolute atomic E-state index is 0.331. The summed E-state index contributed by atoms with van der Waals surface area (Å²) in [7, 11) is 1.61. The van der Waals surface area contributed by atoms with Crippen molar-refractivity contribution < 1.29 is 14.0 Å². The molecule has 0 amide bonds. The molecule has 0 saturated carbocycles. The molecule has 0 radical (unpaired) electrons. The number of hydrogen-bond acceptors (Lipinski definition) is 5. The zero-order valence-corrected chi connectivity index (χ0v) is 12.6. The van der Waals surface area contributed by atoms with Crippen molar-refractivity contribution >= 4 is 11.6 Å². The van der Waals surface area contributed by atoms with E-state index in [1.807, 2.05) is 18.2 Å². The molecule has 1 aromatic heterocycles. The molecule has 1 aromatic carbocycles. The van der Waals surface area contributed by atoms with Crippen LogP contribution in [0.2, 0.25) is 5.02 Å². The number of benzene rings is 1. The largest absolute Gasteiger partial charge is 0.381 e. The van der Waals surface area contributed by atoms with Crippen molar-refractivity contribution in [1.29, 1.82) is 0 Å². The average molecular weight is 309 g/mol. The summed E-state index contributed by atoms with van der Waals surface area (Å²) in [4.78, 5) is 4.50. The molecule has 6 heteroatoms. The van der Waals surface area contributed by atoms with Crippen LogP contribution >= 0.6 is 11.6 Å². The van der Waals surface area contributed by atoms with Crippen LogP contribution in [0.3, 0.4) is 0 Å². The van der Waals surface area contributed by atoms with Gasteiger partial charge in [-0.05, 0) is 30.5 Å². The topological polar surface area (TPSA) is 57.4 Å². The lowest BCUT2D eigenvalue weighted by atomic mass is 9.74. The Morgan fingerprint density at radius 3 is 2.86 bits per heavy atom. The van der Waals surface area contributed by atoms with E-state index in [4.69, 9.17) is 25.6 Å². The number of halogens is 1. The van der Waals surface area contributed by atoms with Crippen LogP contribution < -0.4 is 0 Å². The quantitative estimate of drug-likeness (QED) is 0.869. The van der Waals surface area contributed by atoms with E-state index in [0.717, 1.165) is 18.4 Å². The van der Waals surface area contributed by atoms with E-state index in [1.165, 1.54) is 0 Å². The predicted molar refractivity (Wildman–Crippen MR) is 77.3 cm³/mol. The third kappa shape index (κ3) is 2.81. The highest BCUT2D eigenvalue weighted by Gasteiger charge is 2.41. The zero-order valence-electron chi connectivity index (χ0n) is 11.8. The monoisotopic (exact) mass is 308 g/mol. The van der Waals surface area contributed by atoms with Crippen LogP contribution in [-0.4, -0.2) is 30.5 Å². The van der Waals surface area contributed by atoms with Crippen LogP contribution in [0.1, 0.15) is 30.1 Å². The molecule has 1 aliphatic heterocycles. The fourth-order valence-corrected chi connectivity index (χ4v) is 2.96. The Hall–Kier alpha value is -1.43. The van der Waals surface area contributed by atoms with Gasteiger partial charge in [0.25, 0.3) is 0 Å². The Kier molecular flexibility index (Phi) is 4.24. The molecule has 1 aliphatic rings. The number of nitrogens with zero attached hydrogens (tertiary/aromatic N) is 2. The van der Waals surface area contributed by atoms with Crippen LogP contribution in [0.25, 0.3) is 0 Å². The van der Waals surface area contributed by atoms with Gasteiger partial charge in [0.05, 0.1) is 5.41 Å². The van der Waals surface area contributed by atoms with Crippen molar-refractivity contribution in [2.24, 2.45) is 0 Å². The van der Waals surface area contributed by atoms with E-state index in [9.17, 15) is 0 Å². The highest BCUT2D eigenvalue weighted by molar-refractivity contribution is 6.30. The van der Waals surface area contributed by atoms with Crippen LogP contribution in [0.15, 0.2) is 28.8 Å². The summed E-state index contributed by atoms with van der Waals surface area (Å²) in [6.07, 6.45) is 1.59. The van der Waals surface area contributed by atoms with Gasteiger partial charge in [-0.25, -0.2) is 0 Å². The van der Waals surface area contributed by atoms with E-state index in [0.29, 0.717) is 36.6 Å². The molecule has 0 unspecified atom stereocenters. The van der Waals surface area contributed by atoms with Gasteiger partial charge in [0.15, 0.2) is 5.82 Å². The standard InChI is InChI=1S/C15H17ClN2O3/c1-19-10-13-17-14(21-18-13)15(5-7-20-8-6-15)11-3-2-4-12(16)9-11/h2-4,9H,5-8,10H2,1H3. The summed E-state index contributed by atoms with van der Waals surface area (Å²) in [6, 6.07) is 7.83. The molecule has 1 saturated heterocycles. The number of methoxy groups -OCH3 is 1. The summed E-state index contributed by atoms with van der Waals surface area (Å²) in [6.45, 7) is 1.66. The Labute approximate surface area is 128 Å². The maximum Gasteiger partial charge on any atom is 0.237 e. The lowest BCUT2D eigenvalue weighted by Gasteiger charge is -2.34. The normalized spacial score (nSPS) is 17.8. The summed E-state index contributed by atoms with van der Waals surface area (Å²) in [5.74, 6) is 1.17. The number of aromatic nitrogens is 2. The molecule has 3 rings (SSSR count). The Bertz CT molecular complexity index is 608. The van der Waals surface area contributed by atoms with Crippen LogP contribution in [0.4, 0.5) is 0 Å². The van der Waals surface area contributed by atoms with Gasteiger partial charge in [-0.2, -0.15) is 4.98 Å². The molecule has 0 N–H and O–H groups in total. The van der Waals surface area contributed by atoms with Gasteiger partial charge in [-0.15, -0.1) is 0 Å². The SMILES string of the molecule is COCc1noc(C2(c3cccc(Cl)c3)CCOCC2)n1. The van der Waals surface area contributed by atoms with Crippen molar-refractivity contribution in [3.63, 3.8) is 0 Å². The minimum Gasteiger partial charge on any atom is -0.381 e. The molecule has 0 bridgehead atoms. The Balaban J connectivity index is 2.03. The van der Waals surface area contributed by atoms with Crippen molar-refractivity contribution in [1.82, 2.24) is 10.1 Å². The van der Waals surface area contributed by atoms with Gasteiger partial charge in [-0.1, -0.05) is 28.9 Å². The van der Waals surface area contributed by atoms with Crippen LogP contribution in [-0.2, 0) is 21.5 Å². The minimum atomic E-state index is -0.331. The van der Waals surface area contributed by atoms with Crippen molar-refractivity contribution in [3.05, 3.63) is 46.6 Å². The second-order valence-electron chi connectivity index (χ2n) is 5.15. The first-order valence-corrected chi connectivity index (χ1v) is 7.28. The fraction of sp³-hybridized carbons (Fsp3) is 0.467. The van der Waals surface area contributed by atoms with E-state index in [2.05, 4.69) is 16.2 Å². The van der Waals surface area contributed by atoms with Crippen molar-refractivity contribution in [2.45, 2.75) is 24.9 Å².